The molecule has 2 heterocycles. The number of carbonyl (C=O) groups excluding carboxylic acids is 1. The Morgan fingerprint density at radius 1 is 1.35 bits per heavy atom. The Labute approximate surface area is 135 Å². The summed E-state index contributed by atoms with van der Waals surface area (Å²) in [7, 11) is 0. The third-order valence-electron chi connectivity index (χ3n) is 3.90. The maximum absolute atomic E-state index is 12.0. The number of rotatable bonds is 6. The Morgan fingerprint density at radius 2 is 2.17 bits per heavy atom. The van der Waals surface area contributed by atoms with Gasteiger partial charge in [0.25, 0.3) is 0 Å². The van der Waals surface area contributed by atoms with Crippen molar-refractivity contribution in [2.24, 2.45) is 0 Å². The minimum atomic E-state index is -0.0302. The highest BCUT2D eigenvalue weighted by molar-refractivity contribution is 5.90. The van der Waals surface area contributed by atoms with Crippen LogP contribution in [0.1, 0.15) is 29.7 Å². The van der Waals surface area contributed by atoms with Crippen LogP contribution in [0.25, 0.3) is 0 Å². The van der Waals surface area contributed by atoms with Gasteiger partial charge in [0.05, 0.1) is 6.61 Å². The summed E-state index contributed by atoms with van der Waals surface area (Å²) in [6, 6.07) is 7.91. The number of nitrogens with zero attached hydrogens (tertiary/aromatic N) is 1. The van der Waals surface area contributed by atoms with Gasteiger partial charge in [-0.25, -0.2) is 0 Å². The smallest absolute Gasteiger partial charge is 0.225 e. The van der Waals surface area contributed by atoms with Crippen molar-refractivity contribution in [1.29, 1.82) is 0 Å². The molecular formula is C17H22N4O2. The van der Waals surface area contributed by atoms with Gasteiger partial charge in [0.1, 0.15) is 5.75 Å². The Hall–Kier alpha value is -2.34. The number of aromatic amines is 1. The van der Waals surface area contributed by atoms with Gasteiger partial charge in [-0.2, -0.15) is 5.10 Å². The first kappa shape index (κ1) is 15.6. The van der Waals surface area contributed by atoms with Crippen molar-refractivity contribution >= 4 is 11.7 Å². The van der Waals surface area contributed by atoms with Crippen molar-refractivity contribution in [1.82, 2.24) is 15.5 Å². The van der Waals surface area contributed by atoms with Crippen LogP contribution in [0.5, 0.6) is 5.75 Å². The summed E-state index contributed by atoms with van der Waals surface area (Å²) in [6.45, 7) is 4.25. The monoisotopic (exact) mass is 314 g/mol. The number of hydrogen-bond acceptors (Lipinski definition) is 4. The Kier molecular flexibility index (Phi) is 4.92. The number of aryl methyl sites for hydroxylation is 1. The first-order valence-electron chi connectivity index (χ1n) is 7.98. The zero-order valence-corrected chi connectivity index (χ0v) is 13.3. The quantitative estimate of drug-likeness (QED) is 0.714. The number of amides is 1. The zero-order chi connectivity index (χ0) is 16.1. The summed E-state index contributed by atoms with van der Waals surface area (Å²) in [6.07, 6.45) is 2.01. The van der Waals surface area contributed by atoms with E-state index in [1.54, 1.807) is 0 Å². The molecule has 3 N–H and O–H groups in total. The van der Waals surface area contributed by atoms with E-state index in [1.165, 1.54) is 5.56 Å². The normalized spacial score (nSPS) is 13.4. The highest BCUT2D eigenvalue weighted by Crippen LogP contribution is 2.19. The molecule has 3 rings (SSSR count). The zero-order valence-electron chi connectivity index (χ0n) is 13.3. The number of benzene rings is 1. The maximum Gasteiger partial charge on any atom is 0.225 e. The summed E-state index contributed by atoms with van der Waals surface area (Å²) in [5.74, 6) is 1.46. The van der Waals surface area contributed by atoms with E-state index in [0.717, 1.165) is 36.5 Å². The number of anilines is 1. The fourth-order valence-electron chi connectivity index (χ4n) is 2.58. The van der Waals surface area contributed by atoms with Gasteiger partial charge in [-0.1, -0.05) is 17.7 Å². The van der Waals surface area contributed by atoms with Gasteiger partial charge in [0, 0.05) is 37.2 Å². The van der Waals surface area contributed by atoms with Crippen LogP contribution in [0.15, 0.2) is 24.3 Å². The molecule has 0 atom stereocenters. The summed E-state index contributed by atoms with van der Waals surface area (Å²) in [4.78, 5) is 12.0. The van der Waals surface area contributed by atoms with Gasteiger partial charge >= 0.3 is 0 Å². The van der Waals surface area contributed by atoms with Gasteiger partial charge < -0.3 is 15.4 Å². The van der Waals surface area contributed by atoms with Crippen molar-refractivity contribution in [3.05, 3.63) is 41.1 Å². The molecule has 0 saturated carbocycles. The standard InChI is InChI=1S/C17H22N4O2/c1-12-4-6-13(7-5-12)23-10-2-3-16(22)19-17-14-11-18-9-8-15(14)20-21-17/h4-7,18H,2-3,8-11H2,1H3,(H2,19,20,21,22). The number of hydrogen-bond donors (Lipinski definition) is 3. The highest BCUT2D eigenvalue weighted by Gasteiger charge is 2.17. The molecule has 1 aromatic carbocycles. The van der Waals surface area contributed by atoms with Crippen LogP contribution in [0.3, 0.4) is 0 Å². The number of H-pyrrole nitrogens is 1. The Balaban J connectivity index is 1.41. The number of aromatic nitrogens is 2. The lowest BCUT2D eigenvalue weighted by Gasteiger charge is -2.13. The average Bonchev–Trinajstić information content (AvgIpc) is 2.96. The fraction of sp³-hybridized carbons (Fsp3) is 0.412. The third-order valence-corrected chi connectivity index (χ3v) is 3.90. The van der Waals surface area contributed by atoms with Crippen molar-refractivity contribution in [2.45, 2.75) is 32.7 Å². The molecule has 0 spiro atoms. The van der Waals surface area contributed by atoms with E-state index in [9.17, 15) is 4.79 Å². The lowest BCUT2D eigenvalue weighted by atomic mass is 10.1. The molecule has 2 aromatic rings. The first-order chi connectivity index (χ1) is 11.2. The van der Waals surface area contributed by atoms with Gasteiger partial charge in [-0.15, -0.1) is 0 Å². The van der Waals surface area contributed by atoms with Crippen molar-refractivity contribution in [3.8, 4) is 5.75 Å². The van der Waals surface area contributed by atoms with Crippen LogP contribution in [-0.2, 0) is 17.8 Å². The van der Waals surface area contributed by atoms with Gasteiger partial charge in [0.15, 0.2) is 5.82 Å². The minimum absolute atomic E-state index is 0.0302. The topological polar surface area (TPSA) is 79.0 Å². The van der Waals surface area contributed by atoms with Crippen molar-refractivity contribution in [2.75, 3.05) is 18.5 Å². The highest BCUT2D eigenvalue weighted by atomic mass is 16.5. The lowest BCUT2D eigenvalue weighted by Crippen LogP contribution is -2.24. The largest absolute Gasteiger partial charge is 0.494 e. The molecule has 6 nitrogen and oxygen atoms in total. The second-order valence-electron chi connectivity index (χ2n) is 5.77. The van der Waals surface area contributed by atoms with Crippen LogP contribution in [0.4, 0.5) is 5.82 Å². The van der Waals surface area contributed by atoms with Crippen LogP contribution in [0, 0.1) is 6.92 Å². The van der Waals surface area contributed by atoms with Gasteiger partial charge in [-0.05, 0) is 25.5 Å². The summed E-state index contributed by atoms with van der Waals surface area (Å²) in [5.41, 5.74) is 3.39. The second-order valence-corrected chi connectivity index (χ2v) is 5.77. The Morgan fingerprint density at radius 3 is 3.00 bits per heavy atom. The molecule has 0 saturated heterocycles. The first-order valence-corrected chi connectivity index (χ1v) is 7.98. The minimum Gasteiger partial charge on any atom is -0.494 e. The molecule has 1 aliphatic rings. The SMILES string of the molecule is Cc1ccc(OCCCC(=O)Nc2n[nH]c3c2CNCC3)cc1. The molecule has 6 heteroatoms. The lowest BCUT2D eigenvalue weighted by molar-refractivity contribution is -0.116. The molecule has 0 radical (unpaired) electrons. The molecule has 0 bridgehead atoms. The van der Waals surface area contributed by atoms with Crippen molar-refractivity contribution in [3.63, 3.8) is 0 Å². The van der Waals surface area contributed by atoms with E-state index in [-0.39, 0.29) is 5.91 Å². The van der Waals surface area contributed by atoms with E-state index in [0.29, 0.717) is 25.3 Å². The van der Waals surface area contributed by atoms with E-state index >= 15 is 0 Å². The van der Waals surface area contributed by atoms with Crippen molar-refractivity contribution < 1.29 is 9.53 Å². The van der Waals surface area contributed by atoms with Gasteiger partial charge in [0.2, 0.25) is 5.91 Å². The number of carbonyl (C=O) groups is 1. The van der Waals surface area contributed by atoms with E-state index in [4.69, 9.17) is 4.74 Å². The number of ether oxygens (including phenoxy) is 1. The van der Waals surface area contributed by atoms with Crippen LogP contribution >= 0.6 is 0 Å². The molecular weight excluding hydrogens is 292 g/mol. The van der Waals surface area contributed by atoms with E-state index < -0.39 is 0 Å². The maximum atomic E-state index is 12.0. The number of fused-ring (bicyclic) bond motifs is 1. The van der Waals surface area contributed by atoms with E-state index in [1.807, 2.05) is 31.2 Å². The molecule has 1 aliphatic heterocycles. The predicted molar refractivity (Wildman–Crippen MR) is 88.5 cm³/mol. The third kappa shape index (κ3) is 4.10. The fourth-order valence-corrected chi connectivity index (χ4v) is 2.58. The Bertz CT molecular complexity index is 664. The second kappa shape index (κ2) is 7.28. The molecule has 1 aromatic heterocycles. The molecule has 23 heavy (non-hydrogen) atoms. The predicted octanol–water partition coefficient (Wildman–Crippen LogP) is 2.16. The summed E-state index contributed by atoms with van der Waals surface area (Å²) < 4.78 is 5.63. The molecule has 0 fully saturated rings. The molecule has 0 aliphatic carbocycles. The molecule has 122 valence electrons. The van der Waals surface area contributed by atoms with Gasteiger partial charge in [-0.3, -0.25) is 9.89 Å². The molecule has 0 unspecified atom stereocenters. The number of nitrogens with one attached hydrogen (secondary N) is 3. The summed E-state index contributed by atoms with van der Waals surface area (Å²) in [5, 5.41) is 13.4. The molecule has 1 amide bonds. The van der Waals surface area contributed by atoms with Crippen LogP contribution < -0.4 is 15.4 Å². The average molecular weight is 314 g/mol. The summed E-state index contributed by atoms with van der Waals surface area (Å²) >= 11 is 0. The van der Waals surface area contributed by atoms with E-state index in [2.05, 4.69) is 20.8 Å². The van der Waals surface area contributed by atoms with Crippen LogP contribution in [0.2, 0.25) is 0 Å². The van der Waals surface area contributed by atoms with Crippen LogP contribution in [-0.4, -0.2) is 29.3 Å².